The van der Waals surface area contributed by atoms with E-state index >= 15 is 0 Å². The van der Waals surface area contributed by atoms with Crippen molar-refractivity contribution in [1.82, 2.24) is 0 Å². The number of rotatable bonds is 65. The Bertz CT molecular complexity index is 1670. The summed E-state index contributed by atoms with van der Waals surface area (Å²) < 4.78 is 68.1. The molecule has 0 heterocycles. The highest BCUT2D eigenvalue weighted by molar-refractivity contribution is 7.47. The van der Waals surface area contributed by atoms with E-state index in [1.165, 1.54) is 148 Å². The number of esters is 4. The molecule has 0 saturated heterocycles. The quantitative estimate of drug-likeness (QED) is 0.0222. The van der Waals surface area contributed by atoms with Crippen LogP contribution in [0.25, 0.3) is 0 Å². The van der Waals surface area contributed by atoms with Gasteiger partial charge < -0.3 is 33.8 Å². The van der Waals surface area contributed by atoms with Crippen molar-refractivity contribution in [2.24, 2.45) is 11.8 Å². The summed E-state index contributed by atoms with van der Waals surface area (Å²) in [4.78, 5) is 72.3. The zero-order valence-corrected chi connectivity index (χ0v) is 56.7. The van der Waals surface area contributed by atoms with Gasteiger partial charge in [0.15, 0.2) is 12.2 Å². The smallest absolute Gasteiger partial charge is 0.462 e. The molecule has 0 aromatic carbocycles. The number of aliphatic hydroxyl groups is 1. The molecule has 0 aromatic rings. The second-order valence-corrected chi connectivity index (χ2v) is 27.5. The second-order valence-electron chi connectivity index (χ2n) is 24.6. The molecule has 6 atom stereocenters. The van der Waals surface area contributed by atoms with E-state index in [0.29, 0.717) is 25.7 Å². The maximum absolute atomic E-state index is 13.0. The zero-order valence-electron chi connectivity index (χ0n) is 54.9. The summed E-state index contributed by atoms with van der Waals surface area (Å²) in [7, 11) is -9.89. The zero-order chi connectivity index (χ0) is 62.9. The molecule has 0 bridgehead atoms. The summed E-state index contributed by atoms with van der Waals surface area (Å²) in [5, 5.41) is 10.6. The predicted molar refractivity (Wildman–Crippen MR) is 340 cm³/mol. The molecule has 3 unspecified atom stereocenters. The molecule has 0 spiro atoms. The standard InChI is InChI=1S/C66H128O17P2/c1-7-10-12-14-16-18-20-22-30-36-42-48-63(68)76-54-61(82-65(70)50-44-38-32-23-21-19-17-15-13-11-8-2)56-80-84(72,73)78-52-60(67)53-79-85(74,75)81-57-62(55-77-64(69)49-43-37-31-26-24-28-34-40-46-58(4)5)83-66(71)51-45-39-33-27-25-29-35-41-47-59(6)9-3/h58-62,67H,7-57H2,1-6H3,(H,72,73)(H,74,75)/t59?,60-,61+,62+/m0/s1. The molecule has 0 saturated carbocycles. The lowest BCUT2D eigenvalue weighted by Gasteiger charge is -2.21. The molecule has 0 amide bonds. The van der Waals surface area contributed by atoms with E-state index in [2.05, 4.69) is 41.5 Å². The van der Waals surface area contributed by atoms with Gasteiger partial charge in [0.25, 0.3) is 0 Å². The molecule has 0 aliphatic rings. The van der Waals surface area contributed by atoms with Crippen molar-refractivity contribution >= 4 is 39.5 Å². The molecule has 0 fully saturated rings. The van der Waals surface area contributed by atoms with Gasteiger partial charge in [-0.1, -0.05) is 279 Å². The average Bonchev–Trinajstić information content (AvgIpc) is 3.47. The van der Waals surface area contributed by atoms with Gasteiger partial charge in [0, 0.05) is 25.7 Å². The Morgan fingerprint density at radius 3 is 0.894 bits per heavy atom. The van der Waals surface area contributed by atoms with E-state index in [0.717, 1.165) is 102 Å². The molecule has 0 rings (SSSR count). The first-order valence-corrected chi connectivity index (χ1v) is 37.5. The number of phosphoric ester groups is 2. The maximum atomic E-state index is 13.0. The molecule has 17 nitrogen and oxygen atoms in total. The Balaban J connectivity index is 5.26. The summed E-state index contributed by atoms with van der Waals surface area (Å²) in [6, 6.07) is 0. The fourth-order valence-electron chi connectivity index (χ4n) is 9.85. The van der Waals surface area contributed by atoms with Gasteiger partial charge in [0.1, 0.15) is 19.3 Å². The van der Waals surface area contributed by atoms with E-state index in [1.807, 2.05) is 0 Å². The van der Waals surface area contributed by atoms with Crippen LogP contribution in [0, 0.1) is 11.8 Å². The molecular formula is C66H128O17P2. The minimum Gasteiger partial charge on any atom is -0.462 e. The molecular weight excluding hydrogens is 1130 g/mol. The molecule has 0 aliphatic heterocycles. The largest absolute Gasteiger partial charge is 0.472 e. The van der Waals surface area contributed by atoms with E-state index in [-0.39, 0.29) is 25.7 Å². The van der Waals surface area contributed by atoms with Crippen LogP contribution in [0.15, 0.2) is 0 Å². The summed E-state index contributed by atoms with van der Waals surface area (Å²) >= 11 is 0. The predicted octanol–water partition coefficient (Wildman–Crippen LogP) is 18.4. The van der Waals surface area contributed by atoms with Crippen molar-refractivity contribution in [3.8, 4) is 0 Å². The van der Waals surface area contributed by atoms with Gasteiger partial charge >= 0.3 is 39.5 Å². The van der Waals surface area contributed by atoms with Crippen LogP contribution < -0.4 is 0 Å². The van der Waals surface area contributed by atoms with Crippen molar-refractivity contribution in [3.63, 3.8) is 0 Å². The lowest BCUT2D eigenvalue weighted by molar-refractivity contribution is -0.161. The Morgan fingerprint density at radius 2 is 0.600 bits per heavy atom. The van der Waals surface area contributed by atoms with Crippen LogP contribution in [0.3, 0.4) is 0 Å². The van der Waals surface area contributed by atoms with Crippen molar-refractivity contribution < 1.29 is 80.2 Å². The number of carbonyl (C=O) groups is 4. The highest BCUT2D eigenvalue weighted by Gasteiger charge is 2.30. The van der Waals surface area contributed by atoms with Gasteiger partial charge in [-0.3, -0.25) is 37.3 Å². The number of phosphoric acid groups is 2. The summed E-state index contributed by atoms with van der Waals surface area (Å²) in [5.74, 6) is -0.635. The minimum absolute atomic E-state index is 0.104. The van der Waals surface area contributed by atoms with Crippen molar-refractivity contribution in [2.75, 3.05) is 39.6 Å². The molecule has 0 radical (unpaired) electrons. The van der Waals surface area contributed by atoms with Crippen molar-refractivity contribution in [3.05, 3.63) is 0 Å². The highest BCUT2D eigenvalue weighted by atomic mass is 31.2. The number of aliphatic hydroxyl groups excluding tert-OH is 1. The fourth-order valence-corrected chi connectivity index (χ4v) is 11.4. The molecule has 85 heavy (non-hydrogen) atoms. The fraction of sp³-hybridized carbons (Fsp3) is 0.939. The van der Waals surface area contributed by atoms with Gasteiger partial charge in [0.2, 0.25) is 0 Å². The van der Waals surface area contributed by atoms with Crippen LogP contribution in [0.4, 0.5) is 0 Å². The van der Waals surface area contributed by atoms with Crippen LogP contribution in [-0.2, 0) is 65.4 Å². The third-order valence-corrected chi connectivity index (χ3v) is 17.5. The lowest BCUT2D eigenvalue weighted by atomic mass is 9.99. The summed E-state index contributed by atoms with van der Waals surface area (Å²) in [6.07, 6.45) is 41.5. The topological polar surface area (TPSA) is 237 Å². The van der Waals surface area contributed by atoms with E-state index in [1.54, 1.807) is 0 Å². The Hall–Kier alpha value is -1.94. The summed E-state index contributed by atoms with van der Waals surface area (Å²) in [6.45, 7) is 9.47. The van der Waals surface area contributed by atoms with Crippen LogP contribution in [-0.4, -0.2) is 96.7 Å². The van der Waals surface area contributed by atoms with Gasteiger partial charge in [-0.25, -0.2) is 9.13 Å². The highest BCUT2D eigenvalue weighted by Crippen LogP contribution is 2.45. The van der Waals surface area contributed by atoms with Crippen LogP contribution in [0.5, 0.6) is 0 Å². The van der Waals surface area contributed by atoms with Gasteiger partial charge in [-0.15, -0.1) is 0 Å². The van der Waals surface area contributed by atoms with Gasteiger partial charge in [-0.05, 0) is 37.5 Å². The Kier molecular flexibility index (Phi) is 57.1. The maximum Gasteiger partial charge on any atom is 0.472 e. The lowest BCUT2D eigenvalue weighted by Crippen LogP contribution is -2.30. The Morgan fingerprint density at radius 1 is 0.341 bits per heavy atom. The number of hydrogen-bond donors (Lipinski definition) is 3. The number of ether oxygens (including phenoxy) is 4. The van der Waals surface area contributed by atoms with Crippen molar-refractivity contribution in [1.29, 1.82) is 0 Å². The van der Waals surface area contributed by atoms with Crippen LogP contribution in [0.1, 0.15) is 330 Å². The third-order valence-electron chi connectivity index (χ3n) is 15.6. The van der Waals surface area contributed by atoms with Crippen LogP contribution >= 0.6 is 15.6 Å². The average molecular weight is 1260 g/mol. The van der Waals surface area contributed by atoms with Crippen LogP contribution in [0.2, 0.25) is 0 Å². The SMILES string of the molecule is CCCCCCCCCCCCCC(=O)OC[C@H](COP(=O)(O)OC[C@H](O)COP(=O)(O)OC[C@@H](COC(=O)CCCCCCCCCCC(C)C)OC(=O)CCCCCCCCCCC(C)CC)OC(=O)CCCCCCCCCCCCC. The van der Waals surface area contributed by atoms with Gasteiger partial charge in [0.05, 0.1) is 26.4 Å². The second kappa shape index (κ2) is 58.4. The first-order valence-electron chi connectivity index (χ1n) is 34.5. The normalized spacial score (nSPS) is 14.6. The monoisotopic (exact) mass is 1250 g/mol. The molecule has 3 N–H and O–H groups in total. The minimum atomic E-state index is -4.95. The third kappa shape index (κ3) is 59.5. The number of unbranched alkanes of at least 4 members (excludes halogenated alkanes) is 34. The molecule has 0 aliphatic carbocycles. The summed E-state index contributed by atoms with van der Waals surface area (Å²) in [5.41, 5.74) is 0. The van der Waals surface area contributed by atoms with Crippen molar-refractivity contribution in [2.45, 2.75) is 349 Å². The molecule has 19 heteroatoms. The molecule has 0 aromatic heterocycles. The first-order chi connectivity index (χ1) is 40.9. The molecule has 504 valence electrons. The first kappa shape index (κ1) is 83.1. The van der Waals surface area contributed by atoms with E-state index < -0.39 is 97.5 Å². The van der Waals surface area contributed by atoms with E-state index in [9.17, 15) is 43.2 Å². The number of hydrogen-bond acceptors (Lipinski definition) is 15. The Labute approximate surface area is 517 Å². The number of carbonyl (C=O) groups excluding carboxylic acids is 4. The van der Waals surface area contributed by atoms with E-state index in [4.69, 9.17) is 37.0 Å². The van der Waals surface area contributed by atoms with Gasteiger partial charge in [-0.2, -0.15) is 0 Å².